The lowest BCUT2D eigenvalue weighted by Gasteiger charge is -2.07. The fourth-order valence-corrected chi connectivity index (χ4v) is 5.07. The van der Waals surface area contributed by atoms with E-state index in [1.807, 2.05) is 73.0 Å². The third kappa shape index (κ3) is 4.30. The van der Waals surface area contributed by atoms with Crippen LogP contribution in [-0.2, 0) is 0 Å². The number of aromatic nitrogens is 1. The van der Waals surface area contributed by atoms with E-state index in [2.05, 4.69) is 15.3 Å². The number of anilines is 1. The Labute approximate surface area is 197 Å². The molecule has 3 aromatic heterocycles. The van der Waals surface area contributed by atoms with Crippen LogP contribution in [0.5, 0.6) is 5.75 Å². The Kier molecular flexibility index (Phi) is 5.77. The average Bonchev–Trinajstić information content (AvgIpc) is 3.48. The van der Waals surface area contributed by atoms with Crippen LogP contribution in [0.4, 0.5) is 10.8 Å². The number of para-hydroxylation sites is 2. The molecule has 1 amide bonds. The number of thiazole rings is 1. The lowest BCUT2D eigenvalue weighted by molar-refractivity contribution is 0.102. The summed E-state index contributed by atoms with van der Waals surface area (Å²) in [6.45, 7) is 2.00. The van der Waals surface area contributed by atoms with Gasteiger partial charge in [0.25, 0.3) is 5.91 Å². The van der Waals surface area contributed by atoms with Gasteiger partial charge < -0.3 is 9.15 Å². The monoisotopic (exact) mass is 473 g/mol. The third-order valence-electron chi connectivity index (χ3n) is 4.96. The fourth-order valence-electron chi connectivity index (χ4n) is 3.41. The Morgan fingerprint density at radius 1 is 1.09 bits per heavy atom. The molecule has 0 bridgehead atoms. The van der Waals surface area contributed by atoms with Crippen molar-refractivity contribution in [1.29, 1.82) is 0 Å². The van der Waals surface area contributed by atoms with Crippen molar-refractivity contribution in [3.8, 4) is 16.3 Å². The number of methoxy groups -OCH3 is 1. The van der Waals surface area contributed by atoms with Gasteiger partial charge in [-0.05, 0) is 42.6 Å². The molecule has 164 valence electrons. The van der Waals surface area contributed by atoms with Crippen LogP contribution in [0.1, 0.15) is 15.2 Å². The molecule has 0 saturated carbocycles. The van der Waals surface area contributed by atoms with Crippen molar-refractivity contribution >= 4 is 50.4 Å². The Morgan fingerprint density at radius 2 is 1.94 bits per heavy atom. The summed E-state index contributed by atoms with van der Waals surface area (Å²) in [6.07, 6.45) is 0. The molecule has 2 aromatic carbocycles. The highest BCUT2D eigenvalue weighted by Gasteiger charge is 2.18. The standard InChI is InChI=1S/C25H19N3O3S2/c1-15-21(20-12-7-13-32-20)27-25(33-15)28-23(29)18-14-16-8-6-11-19(30-2)22(16)31-24(18)26-17-9-4-3-5-10-17/h3-14H,1-2H3,(H,27,28,29). The maximum Gasteiger partial charge on any atom is 0.262 e. The molecule has 0 saturated heterocycles. The fraction of sp³-hybridized carbons (Fsp3) is 0.0800. The molecule has 0 aliphatic heterocycles. The zero-order valence-electron chi connectivity index (χ0n) is 17.9. The maximum absolute atomic E-state index is 13.3. The quantitative estimate of drug-likeness (QED) is 0.320. The molecule has 8 heteroatoms. The van der Waals surface area contributed by atoms with Gasteiger partial charge in [0.1, 0.15) is 5.56 Å². The first-order valence-electron chi connectivity index (χ1n) is 10.2. The minimum Gasteiger partial charge on any atom is -0.493 e. The Bertz CT molecular complexity index is 1500. The van der Waals surface area contributed by atoms with E-state index >= 15 is 0 Å². The summed E-state index contributed by atoms with van der Waals surface area (Å²) in [5, 5.41) is 6.19. The van der Waals surface area contributed by atoms with Gasteiger partial charge in [0.05, 0.1) is 23.4 Å². The van der Waals surface area contributed by atoms with Crippen molar-refractivity contribution in [2.75, 3.05) is 12.4 Å². The number of aryl methyl sites for hydroxylation is 1. The molecular formula is C25H19N3O3S2. The predicted octanol–water partition coefficient (Wildman–Crippen LogP) is 6.42. The van der Waals surface area contributed by atoms with Gasteiger partial charge in [-0.3, -0.25) is 10.1 Å². The highest BCUT2D eigenvalue weighted by atomic mass is 32.1. The van der Waals surface area contributed by atoms with E-state index < -0.39 is 0 Å². The van der Waals surface area contributed by atoms with E-state index in [0.717, 1.165) is 20.8 Å². The predicted molar refractivity (Wildman–Crippen MR) is 133 cm³/mol. The number of ether oxygens (including phenoxy) is 1. The van der Waals surface area contributed by atoms with Crippen LogP contribution >= 0.6 is 22.7 Å². The van der Waals surface area contributed by atoms with Crippen LogP contribution in [0.25, 0.3) is 21.5 Å². The summed E-state index contributed by atoms with van der Waals surface area (Å²) < 4.78 is 11.5. The molecule has 0 aliphatic carbocycles. The third-order valence-corrected chi connectivity index (χ3v) is 6.72. The smallest absolute Gasteiger partial charge is 0.262 e. The van der Waals surface area contributed by atoms with Gasteiger partial charge >= 0.3 is 0 Å². The number of thiophene rings is 1. The van der Waals surface area contributed by atoms with Gasteiger partial charge in [0.15, 0.2) is 16.5 Å². The Morgan fingerprint density at radius 3 is 2.70 bits per heavy atom. The normalized spacial score (nSPS) is 11.6. The van der Waals surface area contributed by atoms with E-state index in [1.165, 1.54) is 11.3 Å². The molecule has 33 heavy (non-hydrogen) atoms. The highest BCUT2D eigenvalue weighted by Crippen LogP contribution is 2.33. The molecule has 3 heterocycles. The molecule has 0 unspecified atom stereocenters. The number of nitrogens with one attached hydrogen (secondary N) is 1. The minimum atomic E-state index is -0.343. The molecule has 0 fully saturated rings. The summed E-state index contributed by atoms with van der Waals surface area (Å²) >= 11 is 3.05. The number of rotatable bonds is 5. The second kappa shape index (κ2) is 9.01. The van der Waals surface area contributed by atoms with E-state index in [9.17, 15) is 4.79 Å². The van der Waals surface area contributed by atoms with Gasteiger partial charge in [-0.25, -0.2) is 9.98 Å². The van der Waals surface area contributed by atoms with Gasteiger partial charge in [-0.15, -0.1) is 22.7 Å². The van der Waals surface area contributed by atoms with Crippen molar-refractivity contribution in [3.63, 3.8) is 0 Å². The van der Waals surface area contributed by atoms with Crippen LogP contribution in [-0.4, -0.2) is 18.0 Å². The molecule has 0 spiro atoms. The molecule has 6 nitrogen and oxygen atoms in total. The molecule has 5 rings (SSSR count). The number of carbonyl (C=O) groups excluding carboxylic acids is 1. The Balaban J connectivity index is 1.59. The van der Waals surface area contributed by atoms with E-state index in [4.69, 9.17) is 9.15 Å². The van der Waals surface area contributed by atoms with Gasteiger partial charge in [0, 0.05) is 10.3 Å². The Hall–Kier alpha value is -3.75. The van der Waals surface area contributed by atoms with Crippen LogP contribution < -0.4 is 15.6 Å². The number of carbonyl (C=O) groups is 1. The lowest BCUT2D eigenvalue weighted by Crippen LogP contribution is -2.21. The summed E-state index contributed by atoms with van der Waals surface area (Å²) in [7, 11) is 1.58. The topological polar surface area (TPSA) is 76.7 Å². The van der Waals surface area contributed by atoms with Crippen molar-refractivity contribution < 1.29 is 13.9 Å². The molecule has 0 radical (unpaired) electrons. The van der Waals surface area contributed by atoms with Gasteiger partial charge in [-0.1, -0.05) is 36.4 Å². The van der Waals surface area contributed by atoms with Crippen LogP contribution in [0, 0.1) is 6.92 Å². The lowest BCUT2D eigenvalue weighted by atomic mass is 10.1. The van der Waals surface area contributed by atoms with Crippen LogP contribution in [0.15, 0.2) is 81.5 Å². The number of benzene rings is 2. The first-order chi connectivity index (χ1) is 16.1. The highest BCUT2D eigenvalue weighted by molar-refractivity contribution is 7.17. The van der Waals surface area contributed by atoms with Crippen molar-refractivity contribution in [3.05, 3.63) is 88.1 Å². The second-order valence-corrected chi connectivity index (χ2v) is 9.30. The number of nitrogens with zero attached hydrogens (tertiary/aromatic N) is 2. The number of hydrogen-bond acceptors (Lipinski definition) is 7. The molecule has 0 aliphatic rings. The first-order valence-corrected chi connectivity index (χ1v) is 11.9. The van der Waals surface area contributed by atoms with E-state index in [-0.39, 0.29) is 11.5 Å². The summed E-state index contributed by atoms with van der Waals surface area (Å²) in [5.74, 6) is 0.227. The van der Waals surface area contributed by atoms with Crippen LogP contribution in [0.2, 0.25) is 0 Å². The molecule has 0 atom stereocenters. The average molecular weight is 474 g/mol. The van der Waals surface area contributed by atoms with Crippen molar-refractivity contribution in [1.82, 2.24) is 4.98 Å². The van der Waals surface area contributed by atoms with Crippen molar-refractivity contribution in [2.24, 2.45) is 4.99 Å². The number of hydrogen-bond donors (Lipinski definition) is 1. The molecule has 5 aromatic rings. The first kappa shape index (κ1) is 21.1. The SMILES string of the molecule is COc1cccc2cc(C(=O)Nc3nc(-c4cccs4)c(C)s3)c(=Nc3ccccc3)oc12. The largest absolute Gasteiger partial charge is 0.493 e. The van der Waals surface area contributed by atoms with E-state index in [1.54, 1.807) is 24.5 Å². The van der Waals surface area contributed by atoms with Crippen molar-refractivity contribution in [2.45, 2.75) is 6.92 Å². The zero-order chi connectivity index (χ0) is 22.8. The summed E-state index contributed by atoms with van der Waals surface area (Å²) in [5.41, 5.74) is 2.59. The van der Waals surface area contributed by atoms with E-state index in [0.29, 0.717) is 27.7 Å². The molecular weight excluding hydrogens is 454 g/mol. The summed E-state index contributed by atoms with van der Waals surface area (Å²) in [6, 6.07) is 20.7. The summed E-state index contributed by atoms with van der Waals surface area (Å²) in [4.78, 5) is 24.7. The second-order valence-electron chi connectivity index (χ2n) is 7.15. The zero-order valence-corrected chi connectivity index (χ0v) is 19.5. The number of amides is 1. The number of fused-ring (bicyclic) bond motifs is 1. The van der Waals surface area contributed by atoms with Crippen LogP contribution in [0.3, 0.4) is 0 Å². The maximum atomic E-state index is 13.3. The van der Waals surface area contributed by atoms with Gasteiger partial charge in [-0.2, -0.15) is 0 Å². The van der Waals surface area contributed by atoms with Gasteiger partial charge in [0.2, 0.25) is 5.55 Å². The minimum absolute atomic E-state index is 0.197. The molecule has 1 N–H and O–H groups in total.